The second-order valence-electron chi connectivity index (χ2n) is 3.87. The number of rotatable bonds is 4. The lowest BCUT2D eigenvalue weighted by Gasteiger charge is -2.17. The molecule has 0 spiro atoms. The lowest BCUT2D eigenvalue weighted by molar-refractivity contribution is 0.0926. The molecule has 0 aliphatic carbocycles. The van der Waals surface area contributed by atoms with Crippen molar-refractivity contribution in [1.82, 2.24) is 0 Å². The Morgan fingerprint density at radius 1 is 1.38 bits per heavy atom. The Labute approximate surface area is 93.5 Å². The molecule has 2 N–H and O–H groups in total. The molecule has 1 aromatic carbocycles. The Hall–Kier alpha value is -1.29. The van der Waals surface area contributed by atoms with Crippen molar-refractivity contribution in [3.05, 3.63) is 35.4 Å². The SMILES string of the molecule is CCC(C)C(N)C(=O)c1c(F)cccc1F. The Kier molecular flexibility index (Phi) is 4.12. The fourth-order valence-electron chi connectivity index (χ4n) is 1.41. The molecule has 2 unspecified atom stereocenters. The molecule has 0 aliphatic rings. The van der Waals surface area contributed by atoms with E-state index in [1.54, 1.807) is 6.92 Å². The van der Waals surface area contributed by atoms with Gasteiger partial charge in [-0.3, -0.25) is 4.79 Å². The van der Waals surface area contributed by atoms with E-state index < -0.39 is 29.0 Å². The van der Waals surface area contributed by atoms with E-state index in [0.717, 1.165) is 12.1 Å². The van der Waals surface area contributed by atoms with E-state index in [0.29, 0.717) is 6.42 Å². The second kappa shape index (κ2) is 5.16. The predicted octanol–water partition coefficient (Wildman–Crippen LogP) is 2.52. The lowest BCUT2D eigenvalue weighted by Crippen LogP contribution is -2.37. The van der Waals surface area contributed by atoms with E-state index in [9.17, 15) is 13.6 Å². The van der Waals surface area contributed by atoms with Crippen molar-refractivity contribution in [2.24, 2.45) is 11.7 Å². The maximum atomic E-state index is 13.3. The van der Waals surface area contributed by atoms with Gasteiger partial charge in [0.1, 0.15) is 11.6 Å². The van der Waals surface area contributed by atoms with Crippen molar-refractivity contribution < 1.29 is 13.6 Å². The van der Waals surface area contributed by atoms with Crippen LogP contribution in [0.1, 0.15) is 30.6 Å². The highest BCUT2D eigenvalue weighted by molar-refractivity contribution is 6.00. The van der Waals surface area contributed by atoms with E-state index in [4.69, 9.17) is 5.73 Å². The van der Waals surface area contributed by atoms with Gasteiger partial charge < -0.3 is 5.73 Å². The molecule has 0 saturated heterocycles. The summed E-state index contributed by atoms with van der Waals surface area (Å²) in [6.45, 7) is 3.65. The summed E-state index contributed by atoms with van der Waals surface area (Å²) >= 11 is 0. The first-order chi connectivity index (χ1) is 7.49. The summed E-state index contributed by atoms with van der Waals surface area (Å²) in [4.78, 5) is 11.8. The first kappa shape index (κ1) is 12.8. The fourth-order valence-corrected chi connectivity index (χ4v) is 1.41. The van der Waals surface area contributed by atoms with Crippen molar-refractivity contribution in [3.8, 4) is 0 Å². The van der Waals surface area contributed by atoms with Gasteiger partial charge in [-0.15, -0.1) is 0 Å². The van der Waals surface area contributed by atoms with E-state index in [1.165, 1.54) is 6.07 Å². The van der Waals surface area contributed by atoms with Gasteiger partial charge in [0.25, 0.3) is 0 Å². The third-order valence-electron chi connectivity index (χ3n) is 2.77. The van der Waals surface area contributed by atoms with Crippen LogP contribution in [-0.2, 0) is 0 Å². The van der Waals surface area contributed by atoms with Gasteiger partial charge in [0.2, 0.25) is 0 Å². The van der Waals surface area contributed by atoms with Gasteiger partial charge in [-0.1, -0.05) is 26.3 Å². The number of ketones is 1. The van der Waals surface area contributed by atoms with Gasteiger partial charge >= 0.3 is 0 Å². The molecule has 0 fully saturated rings. The minimum absolute atomic E-state index is 0.105. The molecule has 1 rings (SSSR count). The zero-order chi connectivity index (χ0) is 12.3. The number of hydrogen-bond donors (Lipinski definition) is 1. The van der Waals surface area contributed by atoms with Crippen LogP contribution in [0.3, 0.4) is 0 Å². The lowest BCUT2D eigenvalue weighted by atomic mass is 9.92. The first-order valence-corrected chi connectivity index (χ1v) is 5.22. The van der Waals surface area contributed by atoms with Crippen LogP contribution in [0.4, 0.5) is 8.78 Å². The molecule has 2 nitrogen and oxygen atoms in total. The van der Waals surface area contributed by atoms with Crippen LogP contribution >= 0.6 is 0 Å². The largest absolute Gasteiger partial charge is 0.321 e. The smallest absolute Gasteiger partial charge is 0.185 e. The number of benzene rings is 1. The van der Waals surface area contributed by atoms with Crippen LogP contribution in [-0.4, -0.2) is 11.8 Å². The van der Waals surface area contributed by atoms with E-state index in [2.05, 4.69) is 0 Å². The third kappa shape index (κ3) is 2.44. The number of nitrogens with two attached hydrogens (primary N) is 1. The molecule has 0 amide bonds. The summed E-state index contributed by atoms with van der Waals surface area (Å²) in [5.74, 6) is -2.50. The average Bonchev–Trinajstić information content (AvgIpc) is 2.26. The van der Waals surface area contributed by atoms with Gasteiger partial charge in [-0.2, -0.15) is 0 Å². The summed E-state index contributed by atoms with van der Waals surface area (Å²) in [5, 5.41) is 0. The van der Waals surface area contributed by atoms with E-state index in [-0.39, 0.29) is 5.92 Å². The number of Topliss-reactive ketones (excluding diaryl/α,β-unsaturated/α-hetero) is 1. The van der Waals surface area contributed by atoms with Gasteiger partial charge in [-0.05, 0) is 18.1 Å². The van der Waals surface area contributed by atoms with Crippen LogP contribution in [0.5, 0.6) is 0 Å². The quantitative estimate of drug-likeness (QED) is 0.803. The first-order valence-electron chi connectivity index (χ1n) is 5.22. The van der Waals surface area contributed by atoms with Crippen LogP contribution < -0.4 is 5.73 Å². The zero-order valence-electron chi connectivity index (χ0n) is 9.34. The number of carbonyl (C=O) groups excluding carboxylic acids is 1. The molecule has 4 heteroatoms. The Bertz CT molecular complexity index is 372. The molecule has 0 aliphatic heterocycles. The third-order valence-corrected chi connectivity index (χ3v) is 2.77. The van der Waals surface area contributed by atoms with Crippen LogP contribution in [0, 0.1) is 17.6 Å². The van der Waals surface area contributed by atoms with E-state index >= 15 is 0 Å². The standard InChI is InChI=1S/C12H15F2NO/c1-3-7(2)11(15)12(16)10-8(13)5-4-6-9(10)14/h4-7,11H,3,15H2,1-2H3. The summed E-state index contributed by atoms with van der Waals surface area (Å²) in [6.07, 6.45) is 0.684. The maximum Gasteiger partial charge on any atom is 0.185 e. The normalized spacial score (nSPS) is 14.6. The molecular formula is C12H15F2NO. The van der Waals surface area contributed by atoms with Crippen molar-refractivity contribution in [2.75, 3.05) is 0 Å². The van der Waals surface area contributed by atoms with Crippen molar-refractivity contribution in [2.45, 2.75) is 26.3 Å². The van der Waals surface area contributed by atoms with E-state index in [1.807, 2.05) is 6.92 Å². The highest BCUT2D eigenvalue weighted by atomic mass is 19.1. The molecular weight excluding hydrogens is 212 g/mol. The molecule has 0 radical (unpaired) electrons. The zero-order valence-corrected chi connectivity index (χ0v) is 9.34. The molecule has 88 valence electrons. The summed E-state index contributed by atoms with van der Waals surface area (Å²) in [7, 11) is 0. The highest BCUT2D eigenvalue weighted by Gasteiger charge is 2.25. The van der Waals surface area contributed by atoms with Crippen molar-refractivity contribution >= 4 is 5.78 Å². The molecule has 2 atom stereocenters. The number of hydrogen-bond acceptors (Lipinski definition) is 2. The number of carbonyl (C=O) groups is 1. The van der Waals surface area contributed by atoms with Crippen LogP contribution in [0.2, 0.25) is 0 Å². The molecule has 0 aromatic heterocycles. The molecule has 1 aromatic rings. The molecule has 0 saturated carbocycles. The Morgan fingerprint density at radius 2 is 1.88 bits per heavy atom. The van der Waals surface area contributed by atoms with Gasteiger partial charge in [-0.25, -0.2) is 8.78 Å². The predicted molar refractivity (Wildman–Crippen MR) is 58.1 cm³/mol. The van der Waals surface area contributed by atoms with Crippen molar-refractivity contribution in [3.63, 3.8) is 0 Å². The number of halogens is 2. The maximum absolute atomic E-state index is 13.3. The highest BCUT2D eigenvalue weighted by Crippen LogP contribution is 2.17. The minimum atomic E-state index is -0.864. The topological polar surface area (TPSA) is 43.1 Å². The summed E-state index contributed by atoms with van der Waals surface area (Å²) in [5.41, 5.74) is 5.13. The molecule has 0 heterocycles. The minimum Gasteiger partial charge on any atom is -0.321 e. The van der Waals surface area contributed by atoms with Crippen LogP contribution in [0.15, 0.2) is 18.2 Å². The Balaban J connectivity index is 3.05. The monoisotopic (exact) mass is 227 g/mol. The van der Waals surface area contributed by atoms with Gasteiger partial charge in [0, 0.05) is 0 Å². The van der Waals surface area contributed by atoms with Gasteiger partial charge in [0.15, 0.2) is 5.78 Å². The fraction of sp³-hybridized carbons (Fsp3) is 0.417. The molecule has 0 bridgehead atoms. The van der Waals surface area contributed by atoms with Crippen LogP contribution in [0.25, 0.3) is 0 Å². The molecule has 16 heavy (non-hydrogen) atoms. The van der Waals surface area contributed by atoms with Crippen molar-refractivity contribution in [1.29, 1.82) is 0 Å². The second-order valence-corrected chi connectivity index (χ2v) is 3.87. The summed E-state index contributed by atoms with van der Waals surface area (Å²) in [6, 6.07) is 2.46. The summed E-state index contributed by atoms with van der Waals surface area (Å²) < 4.78 is 26.6. The Morgan fingerprint density at radius 3 is 2.31 bits per heavy atom. The van der Waals surface area contributed by atoms with Gasteiger partial charge in [0.05, 0.1) is 11.6 Å². The average molecular weight is 227 g/mol.